The fourth-order valence-corrected chi connectivity index (χ4v) is 1.50. The second kappa shape index (κ2) is 5.56. The van der Waals surface area contributed by atoms with Gasteiger partial charge >= 0.3 is 0 Å². The van der Waals surface area contributed by atoms with Crippen molar-refractivity contribution < 1.29 is 10.2 Å². The zero-order valence-corrected chi connectivity index (χ0v) is 9.09. The summed E-state index contributed by atoms with van der Waals surface area (Å²) in [5.41, 5.74) is 1.06. The Labute approximate surface area is 93.1 Å². The molecule has 1 aromatic carbocycles. The van der Waals surface area contributed by atoms with Gasteiger partial charge in [0.25, 0.3) is 0 Å². The van der Waals surface area contributed by atoms with Crippen LogP contribution in [0.1, 0.15) is 18.4 Å². The average molecular weight is 235 g/mol. The molecule has 0 unspecified atom stereocenters. The highest BCUT2D eigenvalue weighted by atomic mass is 35.5. The maximum Gasteiger partial charge on any atom is 0.151 e. The van der Waals surface area contributed by atoms with Crippen molar-refractivity contribution >= 4 is 23.2 Å². The minimum Gasteiger partial charge on any atom is -0.368 e. The zero-order chi connectivity index (χ0) is 10.6. The van der Waals surface area contributed by atoms with Crippen molar-refractivity contribution in [2.45, 2.75) is 25.6 Å². The normalized spacial score (nSPS) is 10.9. The van der Waals surface area contributed by atoms with Crippen molar-refractivity contribution in [3.63, 3.8) is 0 Å². The van der Waals surface area contributed by atoms with Crippen LogP contribution in [0.5, 0.6) is 0 Å². The Hall–Kier alpha value is -0.280. The van der Waals surface area contributed by atoms with Gasteiger partial charge in [0.2, 0.25) is 0 Å². The monoisotopic (exact) mass is 234 g/mol. The highest BCUT2D eigenvalue weighted by molar-refractivity contribution is 6.42. The summed E-state index contributed by atoms with van der Waals surface area (Å²) in [5, 5.41) is 18.4. The van der Waals surface area contributed by atoms with Gasteiger partial charge in [-0.1, -0.05) is 29.3 Å². The van der Waals surface area contributed by atoms with Crippen LogP contribution < -0.4 is 0 Å². The molecule has 0 saturated heterocycles. The fourth-order valence-electron chi connectivity index (χ4n) is 1.18. The largest absolute Gasteiger partial charge is 0.368 e. The van der Waals surface area contributed by atoms with Crippen LogP contribution >= 0.6 is 23.2 Å². The van der Waals surface area contributed by atoms with E-state index in [4.69, 9.17) is 33.4 Å². The van der Waals surface area contributed by atoms with E-state index in [-0.39, 0.29) is 0 Å². The third-order valence-corrected chi connectivity index (χ3v) is 2.65. The molecule has 0 atom stereocenters. The van der Waals surface area contributed by atoms with Crippen molar-refractivity contribution in [2.24, 2.45) is 0 Å². The lowest BCUT2D eigenvalue weighted by Crippen LogP contribution is -2.03. The van der Waals surface area contributed by atoms with E-state index >= 15 is 0 Å². The van der Waals surface area contributed by atoms with Crippen LogP contribution in [-0.2, 0) is 6.42 Å². The Morgan fingerprint density at radius 2 is 1.86 bits per heavy atom. The first-order valence-corrected chi connectivity index (χ1v) is 5.15. The minimum atomic E-state index is -1.22. The quantitative estimate of drug-likeness (QED) is 0.787. The van der Waals surface area contributed by atoms with Crippen LogP contribution in [0.4, 0.5) is 0 Å². The first-order chi connectivity index (χ1) is 6.59. The summed E-state index contributed by atoms with van der Waals surface area (Å²) in [6.45, 7) is 0. The molecule has 0 radical (unpaired) electrons. The SMILES string of the molecule is OC(O)CCCc1ccc(Cl)c(Cl)c1. The number of rotatable bonds is 4. The van der Waals surface area contributed by atoms with E-state index in [0.717, 1.165) is 18.4 Å². The van der Waals surface area contributed by atoms with Crippen LogP contribution in [0, 0.1) is 0 Å². The summed E-state index contributed by atoms with van der Waals surface area (Å²) in [5.74, 6) is 0. The molecule has 0 saturated carbocycles. The molecule has 14 heavy (non-hydrogen) atoms. The van der Waals surface area contributed by atoms with Crippen molar-refractivity contribution in [1.29, 1.82) is 0 Å². The molecule has 0 fully saturated rings. The summed E-state index contributed by atoms with van der Waals surface area (Å²) in [6, 6.07) is 5.43. The predicted octanol–water partition coefficient (Wildman–Crippen LogP) is 2.63. The van der Waals surface area contributed by atoms with E-state index in [0.29, 0.717) is 16.5 Å². The van der Waals surface area contributed by atoms with E-state index in [1.807, 2.05) is 6.07 Å². The topological polar surface area (TPSA) is 40.5 Å². The molecule has 0 aliphatic carbocycles. The van der Waals surface area contributed by atoms with Crippen molar-refractivity contribution in [1.82, 2.24) is 0 Å². The molecule has 2 nitrogen and oxygen atoms in total. The molecule has 0 amide bonds. The van der Waals surface area contributed by atoms with E-state index in [9.17, 15) is 0 Å². The van der Waals surface area contributed by atoms with Crippen LogP contribution in [0.25, 0.3) is 0 Å². The first kappa shape index (κ1) is 11.8. The number of hydrogen-bond acceptors (Lipinski definition) is 2. The van der Waals surface area contributed by atoms with Gasteiger partial charge < -0.3 is 10.2 Å². The third kappa shape index (κ3) is 3.84. The van der Waals surface area contributed by atoms with Crippen LogP contribution in [-0.4, -0.2) is 16.5 Å². The van der Waals surface area contributed by atoms with Crippen molar-refractivity contribution in [2.75, 3.05) is 0 Å². The summed E-state index contributed by atoms with van der Waals surface area (Å²) < 4.78 is 0. The molecule has 0 aliphatic rings. The zero-order valence-electron chi connectivity index (χ0n) is 7.58. The molecule has 4 heteroatoms. The fraction of sp³-hybridized carbons (Fsp3) is 0.400. The number of aliphatic hydroxyl groups is 2. The number of halogens is 2. The van der Waals surface area contributed by atoms with Crippen LogP contribution in [0.15, 0.2) is 18.2 Å². The van der Waals surface area contributed by atoms with E-state index < -0.39 is 6.29 Å². The highest BCUT2D eigenvalue weighted by Crippen LogP contribution is 2.23. The Kier molecular flexibility index (Phi) is 4.69. The van der Waals surface area contributed by atoms with Crippen molar-refractivity contribution in [3.8, 4) is 0 Å². The number of benzene rings is 1. The van der Waals surface area contributed by atoms with E-state index in [1.54, 1.807) is 12.1 Å². The van der Waals surface area contributed by atoms with Gasteiger partial charge in [0, 0.05) is 0 Å². The second-order valence-electron chi connectivity index (χ2n) is 3.12. The van der Waals surface area contributed by atoms with Gasteiger partial charge in [-0.25, -0.2) is 0 Å². The van der Waals surface area contributed by atoms with Gasteiger partial charge in [0.05, 0.1) is 10.0 Å². The molecule has 0 bridgehead atoms. The Morgan fingerprint density at radius 1 is 1.14 bits per heavy atom. The van der Waals surface area contributed by atoms with E-state index in [1.165, 1.54) is 0 Å². The Morgan fingerprint density at radius 3 is 2.43 bits per heavy atom. The third-order valence-electron chi connectivity index (χ3n) is 1.91. The lowest BCUT2D eigenvalue weighted by molar-refractivity contribution is -0.0461. The Bertz CT molecular complexity index is 300. The van der Waals surface area contributed by atoms with Gasteiger partial charge in [-0.2, -0.15) is 0 Å². The molecule has 0 spiro atoms. The standard InChI is InChI=1S/C10H12Cl2O2/c11-8-5-4-7(6-9(8)12)2-1-3-10(13)14/h4-6,10,13-14H,1-3H2. The summed E-state index contributed by atoms with van der Waals surface area (Å²) in [7, 11) is 0. The van der Waals surface area contributed by atoms with Gasteiger partial charge in [0.15, 0.2) is 6.29 Å². The lowest BCUT2D eigenvalue weighted by Gasteiger charge is -2.04. The van der Waals surface area contributed by atoms with Gasteiger partial charge in [0.1, 0.15) is 0 Å². The number of hydrogen-bond donors (Lipinski definition) is 2. The minimum absolute atomic E-state index is 0.375. The number of aliphatic hydroxyl groups excluding tert-OH is 1. The predicted molar refractivity (Wildman–Crippen MR) is 57.6 cm³/mol. The first-order valence-electron chi connectivity index (χ1n) is 4.39. The summed E-state index contributed by atoms with van der Waals surface area (Å²) in [6.07, 6.45) is 0.641. The Balaban J connectivity index is 2.47. The second-order valence-corrected chi connectivity index (χ2v) is 3.94. The lowest BCUT2D eigenvalue weighted by atomic mass is 10.1. The number of aryl methyl sites for hydroxylation is 1. The van der Waals surface area contributed by atoms with Gasteiger partial charge in [-0.15, -0.1) is 0 Å². The molecule has 0 aliphatic heterocycles. The maximum atomic E-state index is 8.64. The van der Waals surface area contributed by atoms with Crippen molar-refractivity contribution in [3.05, 3.63) is 33.8 Å². The molecular weight excluding hydrogens is 223 g/mol. The molecule has 1 aromatic rings. The molecule has 78 valence electrons. The average Bonchev–Trinajstić information content (AvgIpc) is 2.10. The molecule has 1 rings (SSSR count). The van der Waals surface area contributed by atoms with Crippen LogP contribution in [0.3, 0.4) is 0 Å². The van der Waals surface area contributed by atoms with Crippen LogP contribution in [0.2, 0.25) is 10.0 Å². The smallest absolute Gasteiger partial charge is 0.151 e. The summed E-state index contributed by atoms with van der Waals surface area (Å²) >= 11 is 11.6. The van der Waals surface area contributed by atoms with Gasteiger partial charge in [-0.05, 0) is 37.0 Å². The molecule has 0 aromatic heterocycles. The maximum absolute atomic E-state index is 8.64. The summed E-state index contributed by atoms with van der Waals surface area (Å²) in [4.78, 5) is 0. The highest BCUT2D eigenvalue weighted by Gasteiger charge is 2.01. The van der Waals surface area contributed by atoms with E-state index in [2.05, 4.69) is 0 Å². The molecule has 2 N–H and O–H groups in total. The molecule has 0 heterocycles. The van der Waals surface area contributed by atoms with Gasteiger partial charge in [-0.3, -0.25) is 0 Å². The molecular formula is C10H12Cl2O2.